The predicted octanol–water partition coefficient (Wildman–Crippen LogP) is 0.0112. The molecule has 0 unspecified atom stereocenters. The number of aliphatic carboxylic acids is 1. The molecule has 0 aliphatic carbocycles. The molecule has 33 heavy (non-hydrogen) atoms. The van der Waals surface area contributed by atoms with E-state index in [1.165, 1.54) is 0 Å². The van der Waals surface area contributed by atoms with Crippen LogP contribution in [-0.4, -0.2) is 58.5 Å². The average molecular weight is 460 g/mol. The number of para-hydroxylation sites is 1. The van der Waals surface area contributed by atoms with E-state index >= 15 is 0 Å². The molecule has 0 saturated carbocycles. The van der Waals surface area contributed by atoms with Gasteiger partial charge in [-0.3, -0.25) is 15.0 Å². The fourth-order valence-electron chi connectivity index (χ4n) is 3.47. The molecule has 1 aromatic heterocycles. The van der Waals surface area contributed by atoms with Gasteiger partial charge in [0, 0.05) is 23.6 Å². The summed E-state index contributed by atoms with van der Waals surface area (Å²) in [6, 6.07) is 4.67. The molecule has 10 N–H and O–H groups in total. The Bertz CT molecular complexity index is 988. The number of amides is 2. The lowest BCUT2D eigenvalue weighted by atomic mass is 10.0. The monoisotopic (exact) mass is 459 g/mol. The predicted molar refractivity (Wildman–Crippen MR) is 125 cm³/mol. The van der Waals surface area contributed by atoms with E-state index in [2.05, 4.69) is 20.9 Å². The number of hydrogen-bond acceptors (Lipinski definition) is 5. The van der Waals surface area contributed by atoms with E-state index in [0.717, 1.165) is 16.5 Å². The third kappa shape index (κ3) is 7.49. The number of carboxylic acids is 1. The van der Waals surface area contributed by atoms with Gasteiger partial charge in [0.25, 0.3) is 0 Å². The van der Waals surface area contributed by atoms with E-state index in [-0.39, 0.29) is 24.7 Å². The zero-order valence-corrected chi connectivity index (χ0v) is 18.9. The molecule has 0 radical (unpaired) electrons. The lowest BCUT2D eigenvalue weighted by Crippen LogP contribution is -2.55. The number of rotatable bonds is 12. The normalized spacial score (nSPS) is 13.8. The van der Waals surface area contributed by atoms with Gasteiger partial charge in [0.15, 0.2) is 5.96 Å². The van der Waals surface area contributed by atoms with Crippen LogP contribution in [0.4, 0.5) is 0 Å². The Hall–Kier alpha value is -3.60. The summed E-state index contributed by atoms with van der Waals surface area (Å²) in [7, 11) is 0. The minimum atomic E-state index is -1.15. The van der Waals surface area contributed by atoms with Crippen molar-refractivity contribution in [3.63, 3.8) is 0 Å². The fourth-order valence-corrected chi connectivity index (χ4v) is 3.47. The van der Waals surface area contributed by atoms with Gasteiger partial charge in [0.05, 0.1) is 6.04 Å². The molecule has 0 bridgehead atoms. The van der Waals surface area contributed by atoms with E-state index < -0.39 is 35.9 Å². The van der Waals surface area contributed by atoms with Crippen molar-refractivity contribution in [2.45, 2.75) is 51.2 Å². The van der Waals surface area contributed by atoms with Crippen molar-refractivity contribution in [3.8, 4) is 0 Å². The Morgan fingerprint density at radius 3 is 2.48 bits per heavy atom. The number of hydrogen-bond donors (Lipinski definition) is 8. The number of aromatic amines is 1. The number of carbonyl (C=O) groups is 3. The van der Waals surface area contributed by atoms with Gasteiger partial charge in [-0.05, 0) is 36.8 Å². The van der Waals surface area contributed by atoms with Crippen molar-refractivity contribution in [3.05, 3.63) is 36.0 Å². The molecule has 0 saturated heterocycles. The highest BCUT2D eigenvalue weighted by atomic mass is 16.4. The summed E-state index contributed by atoms with van der Waals surface area (Å²) in [6.07, 6.45) is 2.69. The maximum Gasteiger partial charge on any atom is 0.326 e. The number of nitrogens with one attached hydrogen (secondary N) is 5. The van der Waals surface area contributed by atoms with Gasteiger partial charge in [-0.1, -0.05) is 32.0 Å². The molecule has 2 rings (SSSR count). The van der Waals surface area contributed by atoms with Gasteiger partial charge in [-0.15, -0.1) is 0 Å². The van der Waals surface area contributed by atoms with Crippen LogP contribution in [0.3, 0.4) is 0 Å². The van der Waals surface area contributed by atoms with E-state index in [0.29, 0.717) is 13.0 Å². The molecular formula is C22H33N7O4. The summed E-state index contributed by atoms with van der Waals surface area (Å²) in [5.74, 6) is -2.82. The van der Waals surface area contributed by atoms with Crippen LogP contribution in [0.15, 0.2) is 30.5 Å². The highest BCUT2D eigenvalue weighted by Gasteiger charge is 2.29. The largest absolute Gasteiger partial charge is 0.480 e. The molecule has 11 nitrogen and oxygen atoms in total. The Balaban J connectivity index is 2.07. The molecule has 2 amide bonds. The standard InChI is InChI=1S/C22H33N7O4/c1-12(2)18(21(32)33)29-20(31)17(8-5-9-26-22(24)25)28-19(30)15(23)10-13-11-27-16-7-4-3-6-14(13)16/h3-4,6-7,11-12,15,17-18,27H,5,8-10,23H2,1-2H3,(H,28,30)(H,29,31)(H,32,33)(H4,24,25,26)/t15-,17-,18+/m1/s1. The minimum absolute atomic E-state index is 0.202. The zero-order chi connectivity index (χ0) is 24.5. The van der Waals surface area contributed by atoms with Crippen LogP contribution in [0.1, 0.15) is 32.3 Å². The Morgan fingerprint density at radius 1 is 1.15 bits per heavy atom. The lowest BCUT2D eigenvalue weighted by Gasteiger charge is -2.24. The molecule has 3 atom stereocenters. The van der Waals surface area contributed by atoms with Gasteiger partial charge in [-0.25, -0.2) is 4.79 Å². The number of nitrogens with two attached hydrogens (primary N) is 2. The summed E-state index contributed by atoms with van der Waals surface area (Å²) in [5.41, 5.74) is 13.2. The van der Waals surface area contributed by atoms with Crippen LogP contribution in [0.25, 0.3) is 10.9 Å². The summed E-state index contributed by atoms with van der Waals surface area (Å²) >= 11 is 0. The SMILES string of the molecule is CC(C)[C@H](NC(=O)[C@@H](CCCNC(=N)N)NC(=O)[C@H](N)Cc1c[nH]c2ccccc12)C(=O)O. The smallest absolute Gasteiger partial charge is 0.326 e. The van der Waals surface area contributed by atoms with Crippen LogP contribution >= 0.6 is 0 Å². The molecule has 2 aromatic rings. The molecule has 180 valence electrons. The summed E-state index contributed by atoms with van der Waals surface area (Å²) in [4.78, 5) is 40.2. The summed E-state index contributed by atoms with van der Waals surface area (Å²) in [6.45, 7) is 3.68. The van der Waals surface area contributed by atoms with Gasteiger partial charge in [0.2, 0.25) is 11.8 Å². The van der Waals surface area contributed by atoms with Crippen molar-refractivity contribution in [1.82, 2.24) is 20.9 Å². The van der Waals surface area contributed by atoms with E-state index in [1.807, 2.05) is 24.3 Å². The third-order valence-electron chi connectivity index (χ3n) is 5.30. The molecule has 1 heterocycles. The van der Waals surface area contributed by atoms with Crippen LogP contribution in [0, 0.1) is 11.3 Å². The quantitative estimate of drug-likeness (QED) is 0.124. The Labute approximate surface area is 192 Å². The number of carboxylic acid groups (broad SMARTS) is 1. The van der Waals surface area contributed by atoms with Crippen LogP contribution in [0.2, 0.25) is 0 Å². The number of carbonyl (C=O) groups excluding carboxylic acids is 2. The average Bonchev–Trinajstić information content (AvgIpc) is 3.15. The molecule has 0 spiro atoms. The minimum Gasteiger partial charge on any atom is -0.480 e. The Morgan fingerprint density at radius 2 is 1.85 bits per heavy atom. The number of H-pyrrole nitrogens is 1. The first kappa shape index (κ1) is 25.7. The second-order valence-electron chi connectivity index (χ2n) is 8.28. The van der Waals surface area contributed by atoms with Gasteiger partial charge < -0.3 is 37.5 Å². The first-order chi connectivity index (χ1) is 15.6. The lowest BCUT2D eigenvalue weighted by molar-refractivity contribution is -0.143. The van der Waals surface area contributed by atoms with Gasteiger partial charge in [0.1, 0.15) is 12.1 Å². The third-order valence-corrected chi connectivity index (χ3v) is 5.30. The number of guanidine groups is 1. The van der Waals surface area contributed by atoms with Crippen molar-refractivity contribution < 1.29 is 19.5 Å². The zero-order valence-electron chi connectivity index (χ0n) is 18.9. The van der Waals surface area contributed by atoms with Crippen molar-refractivity contribution in [1.29, 1.82) is 5.41 Å². The Kier molecular flexibility index (Phi) is 9.22. The second kappa shape index (κ2) is 11.9. The molecule has 1 aromatic carbocycles. The maximum atomic E-state index is 12.8. The molecular weight excluding hydrogens is 426 g/mol. The summed E-state index contributed by atoms with van der Waals surface area (Å²) in [5, 5.41) is 25.3. The first-order valence-corrected chi connectivity index (χ1v) is 10.8. The van der Waals surface area contributed by atoms with Crippen molar-refractivity contribution >= 4 is 34.6 Å². The fraction of sp³-hybridized carbons (Fsp3) is 0.455. The van der Waals surface area contributed by atoms with Crippen LogP contribution < -0.4 is 27.4 Å². The highest BCUT2D eigenvalue weighted by Crippen LogP contribution is 2.18. The number of aromatic nitrogens is 1. The van der Waals surface area contributed by atoms with Crippen LogP contribution in [-0.2, 0) is 20.8 Å². The first-order valence-electron chi connectivity index (χ1n) is 10.8. The maximum absolute atomic E-state index is 12.8. The van der Waals surface area contributed by atoms with E-state index in [4.69, 9.17) is 16.9 Å². The van der Waals surface area contributed by atoms with E-state index in [9.17, 15) is 19.5 Å². The van der Waals surface area contributed by atoms with E-state index in [1.54, 1.807) is 20.0 Å². The second-order valence-corrected chi connectivity index (χ2v) is 8.28. The molecule has 0 aliphatic heterocycles. The molecule has 11 heteroatoms. The van der Waals surface area contributed by atoms with Crippen molar-refractivity contribution in [2.24, 2.45) is 17.4 Å². The molecule has 0 fully saturated rings. The van der Waals surface area contributed by atoms with Gasteiger partial charge in [-0.2, -0.15) is 0 Å². The summed E-state index contributed by atoms with van der Waals surface area (Å²) < 4.78 is 0. The van der Waals surface area contributed by atoms with Crippen LogP contribution in [0.5, 0.6) is 0 Å². The highest BCUT2D eigenvalue weighted by molar-refractivity contribution is 5.92. The topological polar surface area (TPSA) is 199 Å². The number of fused-ring (bicyclic) bond motifs is 1. The number of benzene rings is 1. The molecule has 0 aliphatic rings. The van der Waals surface area contributed by atoms with Crippen molar-refractivity contribution in [2.75, 3.05) is 6.54 Å². The van der Waals surface area contributed by atoms with Gasteiger partial charge >= 0.3 is 5.97 Å².